The fourth-order valence-corrected chi connectivity index (χ4v) is 5.65. The van der Waals surface area contributed by atoms with Crippen LogP contribution in [-0.4, -0.2) is 13.1 Å². The third kappa shape index (κ3) is 4.24. The van der Waals surface area contributed by atoms with Gasteiger partial charge in [-0.3, -0.25) is 0 Å². The standard InChI is InChI=1S/C20H37N/c1-15(2)13-21-14-19-7-5-3-4-6-17(19)12-20-11-16-8-9-18(20)10-16/h15-21H,3-14H2,1-2H3. The normalized spacial score (nSPS) is 39.9. The molecule has 3 aliphatic carbocycles. The Labute approximate surface area is 132 Å². The van der Waals surface area contributed by atoms with Crippen LogP contribution in [0.4, 0.5) is 0 Å². The minimum atomic E-state index is 0.791. The maximum absolute atomic E-state index is 3.77. The van der Waals surface area contributed by atoms with Crippen LogP contribution in [-0.2, 0) is 0 Å². The van der Waals surface area contributed by atoms with Crippen LogP contribution in [0.2, 0.25) is 0 Å². The summed E-state index contributed by atoms with van der Waals surface area (Å²) < 4.78 is 0. The third-order valence-corrected chi connectivity index (χ3v) is 6.77. The van der Waals surface area contributed by atoms with Crippen LogP contribution in [0.15, 0.2) is 0 Å². The molecule has 1 N–H and O–H groups in total. The van der Waals surface area contributed by atoms with E-state index < -0.39 is 0 Å². The van der Waals surface area contributed by atoms with Crippen molar-refractivity contribution in [3.05, 3.63) is 0 Å². The molecule has 3 rings (SSSR count). The molecule has 0 saturated heterocycles. The van der Waals surface area contributed by atoms with E-state index in [0.717, 1.165) is 35.5 Å². The summed E-state index contributed by atoms with van der Waals surface area (Å²) in [5.74, 6) is 6.17. The summed E-state index contributed by atoms with van der Waals surface area (Å²) in [6.07, 6.45) is 15.4. The quantitative estimate of drug-likeness (QED) is 0.659. The highest BCUT2D eigenvalue weighted by Crippen LogP contribution is 2.51. The molecule has 5 atom stereocenters. The van der Waals surface area contributed by atoms with Crippen LogP contribution in [0.5, 0.6) is 0 Å². The summed E-state index contributed by atoms with van der Waals surface area (Å²) in [6, 6.07) is 0. The average Bonchev–Trinajstić information content (AvgIpc) is 2.99. The van der Waals surface area contributed by atoms with E-state index >= 15 is 0 Å². The highest BCUT2D eigenvalue weighted by atomic mass is 14.9. The fourth-order valence-electron chi connectivity index (χ4n) is 5.65. The lowest BCUT2D eigenvalue weighted by atomic mass is 9.76. The van der Waals surface area contributed by atoms with Crippen molar-refractivity contribution >= 4 is 0 Å². The van der Waals surface area contributed by atoms with E-state index in [0.29, 0.717) is 0 Å². The first kappa shape index (κ1) is 15.8. The first-order valence-electron chi connectivity index (χ1n) is 9.93. The number of nitrogens with one attached hydrogen (secondary N) is 1. The summed E-state index contributed by atoms with van der Waals surface area (Å²) in [6.45, 7) is 7.15. The van der Waals surface area contributed by atoms with Crippen molar-refractivity contribution < 1.29 is 0 Å². The van der Waals surface area contributed by atoms with Gasteiger partial charge in [0.15, 0.2) is 0 Å². The van der Waals surface area contributed by atoms with E-state index in [9.17, 15) is 0 Å². The van der Waals surface area contributed by atoms with Gasteiger partial charge < -0.3 is 5.32 Å². The fraction of sp³-hybridized carbons (Fsp3) is 1.00. The van der Waals surface area contributed by atoms with Crippen molar-refractivity contribution in [1.82, 2.24) is 5.32 Å². The molecule has 1 heteroatoms. The highest BCUT2D eigenvalue weighted by molar-refractivity contribution is 4.92. The van der Waals surface area contributed by atoms with Crippen LogP contribution < -0.4 is 5.32 Å². The van der Waals surface area contributed by atoms with Crippen molar-refractivity contribution in [3.8, 4) is 0 Å². The lowest BCUT2D eigenvalue weighted by Gasteiger charge is -2.31. The Morgan fingerprint density at radius 1 is 0.857 bits per heavy atom. The Bertz CT molecular complexity index is 311. The smallest absolute Gasteiger partial charge is 0.00178 e. The van der Waals surface area contributed by atoms with Crippen molar-refractivity contribution in [1.29, 1.82) is 0 Å². The summed E-state index contributed by atoms with van der Waals surface area (Å²) in [5.41, 5.74) is 0. The summed E-state index contributed by atoms with van der Waals surface area (Å²) >= 11 is 0. The Kier molecular flexibility index (Phi) is 5.65. The Morgan fingerprint density at radius 2 is 1.67 bits per heavy atom. The summed E-state index contributed by atoms with van der Waals surface area (Å²) in [5, 5.41) is 3.77. The topological polar surface area (TPSA) is 12.0 Å². The molecular formula is C20H37N. The van der Waals surface area contributed by atoms with Gasteiger partial charge in [-0.25, -0.2) is 0 Å². The van der Waals surface area contributed by atoms with E-state index in [1.54, 1.807) is 32.1 Å². The van der Waals surface area contributed by atoms with Crippen LogP contribution >= 0.6 is 0 Å². The second-order valence-electron chi connectivity index (χ2n) is 8.88. The molecule has 3 aliphatic rings. The minimum Gasteiger partial charge on any atom is -0.316 e. The molecule has 1 nitrogen and oxygen atoms in total. The van der Waals surface area contributed by atoms with Crippen molar-refractivity contribution in [2.24, 2.45) is 35.5 Å². The molecule has 0 aromatic rings. The van der Waals surface area contributed by atoms with Gasteiger partial charge in [0.1, 0.15) is 0 Å². The van der Waals surface area contributed by atoms with Gasteiger partial charge in [0.25, 0.3) is 0 Å². The van der Waals surface area contributed by atoms with E-state index in [-0.39, 0.29) is 0 Å². The number of hydrogen-bond acceptors (Lipinski definition) is 1. The first-order valence-corrected chi connectivity index (χ1v) is 9.93. The van der Waals surface area contributed by atoms with Gasteiger partial charge in [-0.1, -0.05) is 46.0 Å². The van der Waals surface area contributed by atoms with Gasteiger partial charge >= 0.3 is 0 Å². The maximum atomic E-state index is 3.77. The van der Waals surface area contributed by atoms with E-state index in [2.05, 4.69) is 19.2 Å². The van der Waals surface area contributed by atoms with E-state index in [4.69, 9.17) is 0 Å². The van der Waals surface area contributed by atoms with Gasteiger partial charge in [0, 0.05) is 0 Å². The lowest BCUT2D eigenvalue weighted by Crippen LogP contribution is -2.31. The molecule has 2 bridgehead atoms. The Morgan fingerprint density at radius 3 is 2.33 bits per heavy atom. The largest absolute Gasteiger partial charge is 0.316 e. The van der Waals surface area contributed by atoms with E-state index in [1.807, 2.05) is 0 Å². The van der Waals surface area contributed by atoms with Gasteiger partial charge in [0.05, 0.1) is 0 Å². The third-order valence-electron chi connectivity index (χ3n) is 6.77. The Hall–Kier alpha value is -0.0400. The first-order chi connectivity index (χ1) is 10.2. The number of hydrogen-bond donors (Lipinski definition) is 1. The van der Waals surface area contributed by atoms with Gasteiger partial charge in [0.2, 0.25) is 0 Å². The highest BCUT2D eigenvalue weighted by Gasteiger charge is 2.41. The second-order valence-corrected chi connectivity index (χ2v) is 8.88. The molecule has 0 aromatic carbocycles. The van der Waals surface area contributed by atoms with Gasteiger partial charge in [-0.15, -0.1) is 0 Å². The summed E-state index contributed by atoms with van der Waals surface area (Å²) in [4.78, 5) is 0. The molecule has 3 fully saturated rings. The van der Waals surface area contributed by atoms with Crippen molar-refractivity contribution in [3.63, 3.8) is 0 Å². The van der Waals surface area contributed by atoms with Crippen LogP contribution in [0, 0.1) is 35.5 Å². The van der Waals surface area contributed by atoms with Crippen molar-refractivity contribution in [2.45, 2.75) is 78.1 Å². The molecule has 0 aliphatic heterocycles. The van der Waals surface area contributed by atoms with Crippen LogP contribution in [0.25, 0.3) is 0 Å². The van der Waals surface area contributed by atoms with Gasteiger partial charge in [-0.2, -0.15) is 0 Å². The molecule has 0 radical (unpaired) electrons. The molecule has 5 unspecified atom stereocenters. The monoisotopic (exact) mass is 291 g/mol. The molecule has 0 spiro atoms. The molecule has 21 heavy (non-hydrogen) atoms. The maximum Gasteiger partial charge on any atom is -0.00178 e. The summed E-state index contributed by atoms with van der Waals surface area (Å²) in [7, 11) is 0. The lowest BCUT2D eigenvalue weighted by molar-refractivity contribution is 0.202. The molecule has 122 valence electrons. The predicted octanol–water partition coefficient (Wildman–Crippen LogP) is 5.25. The average molecular weight is 292 g/mol. The zero-order valence-electron chi connectivity index (χ0n) is 14.4. The predicted molar refractivity (Wildman–Crippen MR) is 91.3 cm³/mol. The number of fused-ring (bicyclic) bond motifs is 2. The molecule has 0 amide bonds. The SMILES string of the molecule is CC(C)CNCC1CCCCCC1CC1CC2CCC1C2. The molecule has 3 saturated carbocycles. The Balaban J connectivity index is 1.51. The molecule has 0 heterocycles. The molecular weight excluding hydrogens is 254 g/mol. The number of rotatable bonds is 6. The van der Waals surface area contributed by atoms with Crippen LogP contribution in [0.3, 0.4) is 0 Å². The van der Waals surface area contributed by atoms with Gasteiger partial charge in [-0.05, 0) is 80.7 Å². The van der Waals surface area contributed by atoms with E-state index in [1.165, 1.54) is 45.2 Å². The molecule has 0 aromatic heterocycles. The minimum absolute atomic E-state index is 0.791. The van der Waals surface area contributed by atoms with Crippen molar-refractivity contribution in [2.75, 3.05) is 13.1 Å². The second kappa shape index (κ2) is 7.49. The van der Waals surface area contributed by atoms with Crippen LogP contribution in [0.1, 0.15) is 78.1 Å². The zero-order chi connectivity index (χ0) is 14.7. The zero-order valence-corrected chi connectivity index (χ0v) is 14.4.